The largest absolute Gasteiger partial charge is 0.390 e. The smallest absolute Gasteiger partial charge is 0.152 e. The Labute approximate surface area is 202 Å². The summed E-state index contributed by atoms with van der Waals surface area (Å²) in [5, 5.41) is 11.7. The molecule has 2 aliphatic rings. The van der Waals surface area contributed by atoms with Gasteiger partial charge in [-0.1, -0.05) is 65.3 Å². The maximum Gasteiger partial charge on any atom is 0.152 e. The van der Waals surface area contributed by atoms with Gasteiger partial charge in [-0.2, -0.15) is 0 Å². The summed E-state index contributed by atoms with van der Waals surface area (Å²) in [4.78, 5) is 12.3. The summed E-state index contributed by atoms with van der Waals surface area (Å²) in [6, 6.07) is 14.1. The van der Waals surface area contributed by atoms with Crippen molar-refractivity contribution >= 4 is 40.8 Å². The lowest BCUT2D eigenvalue weighted by Gasteiger charge is -2.42. The molecule has 0 amide bonds. The van der Waals surface area contributed by atoms with E-state index in [1.54, 1.807) is 12.3 Å². The highest BCUT2D eigenvalue weighted by molar-refractivity contribution is 7.99. The first-order chi connectivity index (χ1) is 15.5. The highest BCUT2D eigenvalue weighted by Gasteiger charge is 2.46. The van der Waals surface area contributed by atoms with Gasteiger partial charge >= 0.3 is 0 Å². The van der Waals surface area contributed by atoms with Gasteiger partial charge in [-0.3, -0.25) is 0 Å². The van der Waals surface area contributed by atoms with E-state index in [0.717, 1.165) is 43.1 Å². The first-order valence-electron chi connectivity index (χ1n) is 10.7. The first kappa shape index (κ1) is 22.0. The Kier molecular flexibility index (Phi) is 6.07. The molecule has 166 valence electrons. The number of fused-ring (bicyclic) bond motifs is 1. The van der Waals surface area contributed by atoms with E-state index in [4.69, 9.17) is 28.9 Å². The number of hydrogen-bond donors (Lipinski definition) is 2. The van der Waals surface area contributed by atoms with Gasteiger partial charge in [-0.15, -0.1) is 0 Å². The van der Waals surface area contributed by atoms with Gasteiger partial charge in [-0.25, -0.2) is 9.97 Å². The van der Waals surface area contributed by atoms with Gasteiger partial charge < -0.3 is 15.7 Å². The molecule has 32 heavy (non-hydrogen) atoms. The zero-order valence-corrected chi connectivity index (χ0v) is 19.8. The lowest BCUT2D eigenvalue weighted by Crippen LogP contribution is -2.45. The number of nitrogens with two attached hydrogens (primary N) is 1. The van der Waals surface area contributed by atoms with E-state index < -0.39 is 0 Å². The molecule has 8 heteroatoms. The molecule has 2 aromatic carbocycles. The zero-order chi connectivity index (χ0) is 22.3. The summed E-state index contributed by atoms with van der Waals surface area (Å²) < 4.78 is 0. The van der Waals surface area contributed by atoms with Gasteiger partial charge in [0.2, 0.25) is 0 Å². The number of benzene rings is 2. The number of hydrogen-bond acceptors (Lipinski definition) is 6. The Bertz CT molecular complexity index is 1150. The predicted molar refractivity (Wildman–Crippen MR) is 129 cm³/mol. The third-order valence-corrected chi connectivity index (χ3v) is 8.63. The molecule has 1 fully saturated rings. The SMILES string of the molecule is N[C@@H]1c2ccccc2CC12CCN(c1ncc(Sc3cccc(Cl)c3Cl)nc1CO)CC2. The Morgan fingerprint density at radius 2 is 1.91 bits per heavy atom. The van der Waals surface area contributed by atoms with Crippen molar-refractivity contribution in [3.8, 4) is 0 Å². The molecular weight excluding hydrogens is 463 g/mol. The van der Waals surface area contributed by atoms with Crippen molar-refractivity contribution in [3.63, 3.8) is 0 Å². The summed E-state index contributed by atoms with van der Waals surface area (Å²) >= 11 is 13.8. The monoisotopic (exact) mass is 486 g/mol. The van der Waals surface area contributed by atoms with Crippen molar-refractivity contribution in [3.05, 3.63) is 75.5 Å². The summed E-state index contributed by atoms with van der Waals surface area (Å²) in [6.45, 7) is 1.51. The molecule has 1 aliphatic heterocycles. The third-order valence-electron chi connectivity index (χ3n) is 6.73. The molecule has 2 heterocycles. The number of aromatic nitrogens is 2. The quantitative estimate of drug-likeness (QED) is 0.522. The van der Waals surface area contributed by atoms with Crippen LogP contribution in [0.2, 0.25) is 10.0 Å². The molecule has 5 rings (SSSR count). The topological polar surface area (TPSA) is 75.3 Å². The Morgan fingerprint density at radius 3 is 2.66 bits per heavy atom. The first-order valence-corrected chi connectivity index (χ1v) is 12.2. The molecule has 0 saturated carbocycles. The van der Waals surface area contributed by atoms with Crippen LogP contribution in [-0.2, 0) is 13.0 Å². The lowest BCUT2D eigenvalue weighted by molar-refractivity contribution is 0.186. The Morgan fingerprint density at radius 1 is 1.12 bits per heavy atom. The molecule has 5 nitrogen and oxygen atoms in total. The second kappa shape index (κ2) is 8.84. The zero-order valence-electron chi connectivity index (χ0n) is 17.5. The van der Waals surface area contributed by atoms with Gasteiger partial charge in [-0.05, 0) is 47.9 Å². The summed E-state index contributed by atoms with van der Waals surface area (Å²) in [7, 11) is 0. The average molecular weight is 487 g/mol. The van der Waals surface area contributed by atoms with Crippen molar-refractivity contribution in [2.45, 2.75) is 41.8 Å². The maximum absolute atomic E-state index is 10.00. The Balaban J connectivity index is 1.32. The molecule has 1 atom stereocenters. The second-order valence-corrected chi connectivity index (χ2v) is 10.3. The van der Waals surface area contributed by atoms with E-state index in [-0.39, 0.29) is 18.1 Å². The molecular formula is C24H24Cl2N4OS. The summed E-state index contributed by atoms with van der Waals surface area (Å²) in [5.41, 5.74) is 10.0. The third kappa shape index (κ3) is 3.88. The van der Waals surface area contributed by atoms with Crippen LogP contribution in [0, 0.1) is 5.41 Å². The van der Waals surface area contributed by atoms with Gasteiger partial charge in [0.1, 0.15) is 10.7 Å². The number of nitrogens with zero attached hydrogens (tertiary/aromatic N) is 3. The minimum atomic E-state index is -0.174. The van der Waals surface area contributed by atoms with Crippen LogP contribution in [0.4, 0.5) is 5.82 Å². The van der Waals surface area contributed by atoms with Crippen molar-refractivity contribution in [1.29, 1.82) is 0 Å². The highest BCUT2D eigenvalue weighted by Crippen LogP contribution is 2.51. The van der Waals surface area contributed by atoms with Gasteiger partial charge in [0.25, 0.3) is 0 Å². The van der Waals surface area contributed by atoms with E-state index in [2.05, 4.69) is 39.1 Å². The number of halogens is 2. The lowest BCUT2D eigenvalue weighted by atomic mass is 9.73. The van der Waals surface area contributed by atoms with E-state index in [9.17, 15) is 5.11 Å². The van der Waals surface area contributed by atoms with Crippen LogP contribution in [0.3, 0.4) is 0 Å². The molecule has 1 aromatic heterocycles. The molecule has 0 bridgehead atoms. The van der Waals surface area contributed by atoms with Crippen molar-refractivity contribution in [2.75, 3.05) is 18.0 Å². The van der Waals surface area contributed by atoms with Crippen LogP contribution in [0.25, 0.3) is 0 Å². The van der Waals surface area contributed by atoms with E-state index in [0.29, 0.717) is 20.8 Å². The van der Waals surface area contributed by atoms with Crippen LogP contribution in [-0.4, -0.2) is 28.2 Å². The van der Waals surface area contributed by atoms with Gasteiger partial charge in [0, 0.05) is 24.0 Å². The maximum atomic E-state index is 10.00. The summed E-state index contributed by atoms with van der Waals surface area (Å²) in [5.74, 6) is 0.743. The number of anilines is 1. The van der Waals surface area contributed by atoms with Crippen LogP contribution < -0.4 is 10.6 Å². The van der Waals surface area contributed by atoms with Crippen molar-refractivity contribution in [2.24, 2.45) is 11.1 Å². The van der Waals surface area contributed by atoms with Crippen LogP contribution in [0.1, 0.15) is 35.7 Å². The minimum Gasteiger partial charge on any atom is -0.390 e. The number of piperidine rings is 1. The average Bonchev–Trinajstić information content (AvgIpc) is 3.09. The van der Waals surface area contributed by atoms with Gasteiger partial charge in [0.05, 0.1) is 22.8 Å². The predicted octanol–water partition coefficient (Wildman–Crippen LogP) is 5.27. The van der Waals surface area contributed by atoms with E-state index in [1.165, 1.54) is 22.9 Å². The van der Waals surface area contributed by atoms with Crippen LogP contribution >= 0.6 is 35.0 Å². The molecule has 1 saturated heterocycles. The molecule has 0 radical (unpaired) electrons. The summed E-state index contributed by atoms with van der Waals surface area (Å²) in [6.07, 6.45) is 4.75. The van der Waals surface area contributed by atoms with E-state index >= 15 is 0 Å². The molecule has 1 aliphatic carbocycles. The normalized spacial score (nSPS) is 19.4. The van der Waals surface area contributed by atoms with Crippen LogP contribution in [0.5, 0.6) is 0 Å². The number of rotatable bonds is 4. The van der Waals surface area contributed by atoms with Crippen LogP contribution in [0.15, 0.2) is 58.6 Å². The highest BCUT2D eigenvalue weighted by atomic mass is 35.5. The van der Waals surface area contributed by atoms with Crippen molar-refractivity contribution < 1.29 is 5.11 Å². The fraction of sp³-hybridized carbons (Fsp3) is 0.333. The van der Waals surface area contributed by atoms with Gasteiger partial charge in [0.15, 0.2) is 5.82 Å². The van der Waals surface area contributed by atoms with Crippen molar-refractivity contribution in [1.82, 2.24) is 9.97 Å². The Hall–Kier alpha value is -1.83. The minimum absolute atomic E-state index is 0.0745. The fourth-order valence-electron chi connectivity index (χ4n) is 4.97. The molecule has 3 aromatic rings. The second-order valence-electron chi connectivity index (χ2n) is 8.49. The number of aliphatic hydroxyl groups is 1. The molecule has 3 N–H and O–H groups in total. The molecule has 1 spiro atoms. The van der Waals surface area contributed by atoms with E-state index in [1.807, 2.05) is 12.1 Å². The number of aliphatic hydroxyl groups excluding tert-OH is 1. The standard InChI is InChI=1S/C24H24Cl2N4OS/c25-17-6-3-7-19(21(17)26)32-20-13-28-23(18(14-31)29-20)30-10-8-24(9-11-30)12-15-4-1-2-5-16(15)22(24)27/h1-7,13,22,31H,8-12,14,27H2/t22-/m1/s1. The fourth-order valence-corrected chi connectivity index (χ4v) is 6.27. The molecule has 0 unspecified atom stereocenters.